The molecule has 2 amide bonds. The van der Waals surface area contributed by atoms with Gasteiger partial charge in [0.1, 0.15) is 11.8 Å². The highest BCUT2D eigenvalue weighted by Gasteiger charge is 2.39. The molecule has 1 unspecified atom stereocenters. The molecule has 1 aliphatic heterocycles. The highest BCUT2D eigenvalue weighted by atomic mass is 19.3. The van der Waals surface area contributed by atoms with Gasteiger partial charge in [0.2, 0.25) is 11.8 Å². The van der Waals surface area contributed by atoms with E-state index in [1.807, 2.05) is 31.2 Å². The Balaban J connectivity index is 1.47. The molecule has 4 rings (SSSR count). The van der Waals surface area contributed by atoms with Crippen LogP contribution in [0.3, 0.4) is 0 Å². The zero-order chi connectivity index (χ0) is 25.7. The summed E-state index contributed by atoms with van der Waals surface area (Å²) in [6.07, 6.45) is 2.54. The lowest BCUT2D eigenvalue weighted by Gasteiger charge is -2.22. The molecule has 2 atom stereocenters. The van der Waals surface area contributed by atoms with Crippen LogP contribution in [0.5, 0.6) is 17.2 Å². The Morgan fingerprint density at radius 1 is 1.08 bits per heavy atom. The van der Waals surface area contributed by atoms with E-state index in [-0.39, 0.29) is 35.8 Å². The summed E-state index contributed by atoms with van der Waals surface area (Å²) >= 11 is 0. The van der Waals surface area contributed by atoms with Crippen LogP contribution in [0.1, 0.15) is 50.2 Å². The molecule has 36 heavy (non-hydrogen) atoms. The molecule has 1 aliphatic carbocycles. The van der Waals surface area contributed by atoms with Crippen molar-refractivity contribution < 1.29 is 32.6 Å². The molecular formula is C27H32F2N2O5. The van der Waals surface area contributed by atoms with Crippen molar-refractivity contribution in [3.8, 4) is 17.2 Å². The maximum absolute atomic E-state index is 13.1. The summed E-state index contributed by atoms with van der Waals surface area (Å²) in [5, 5.41) is 2.94. The van der Waals surface area contributed by atoms with Crippen LogP contribution in [0.4, 0.5) is 8.78 Å². The Morgan fingerprint density at radius 3 is 2.56 bits per heavy atom. The number of carbonyl (C=O) groups excluding carboxylic acids is 2. The van der Waals surface area contributed by atoms with E-state index < -0.39 is 12.7 Å². The minimum absolute atomic E-state index is 0.0157. The normalized spacial score (nSPS) is 19.3. The van der Waals surface area contributed by atoms with Gasteiger partial charge in [-0.1, -0.05) is 24.3 Å². The summed E-state index contributed by atoms with van der Waals surface area (Å²) in [6, 6.07) is 11.7. The second-order valence-corrected chi connectivity index (χ2v) is 9.22. The SMILES string of the molecule is CCOc1ccccc1CNC(=O)[C@H]1CC(c2ccc(OC(F)F)c(OCC3CC3)c2)CN1C(C)=O. The van der Waals surface area contributed by atoms with Gasteiger partial charge in [0, 0.05) is 31.5 Å². The first-order valence-electron chi connectivity index (χ1n) is 12.3. The molecule has 2 aromatic carbocycles. The number of carbonyl (C=O) groups is 2. The number of rotatable bonds is 11. The monoisotopic (exact) mass is 502 g/mol. The first kappa shape index (κ1) is 25.7. The smallest absolute Gasteiger partial charge is 0.387 e. The summed E-state index contributed by atoms with van der Waals surface area (Å²) in [6.45, 7) is 1.97. The van der Waals surface area contributed by atoms with E-state index in [2.05, 4.69) is 10.1 Å². The molecule has 0 spiro atoms. The molecule has 2 aromatic rings. The third kappa shape index (κ3) is 6.44. The molecule has 7 nitrogen and oxygen atoms in total. The Kier molecular flexibility index (Phi) is 8.28. The molecule has 9 heteroatoms. The molecule has 2 fully saturated rings. The Labute approximate surface area is 209 Å². The van der Waals surface area contributed by atoms with E-state index in [0.29, 0.717) is 37.8 Å². The lowest BCUT2D eigenvalue weighted by molar-refractivity contribution is -0.136. The minimum Gasteiger partial charge on any atom is -0.494 e. The van der Waals surface area contributed by atoms with Crippen LogP contribution in [0, 0.1) is 5.92 Å². The van der Waals surface area contributed by atoms with Crippen LogP contribution in [0.25, 0.3) is 0 Å². The van der Waals surface area contributed by atoms with Crippen molar-refractivity contribution in [2.75, 3.05) is 19.8 Å². The number of likely N-dealkylation sites (tertiary alicyclic amines) is 1. The fourth-order valence-corrected chi connectivity index (χ4v) is 4.50. The molecule has 0 aromatic heterocycles. The Morgan fingerprint density at radius 2 is 1.86 bits per heavy atom. The lowest BCUT2D eigenvalue weighted by Crippen LogP contribution is -2.44. The summed E-state index contributed by atoms with van der Waals surface area (Å²) < 4.78 is 41.8. The fourth-order valence-electron chi connectivity index (χ4n) is 4.50. The average Bonchev–Trinajstić information content (AvgIpc) is 3.57. The topological polar surface area (TPSA) is 77.1 Å². The van der Waals surface area contributed by atoms with E-state index >= 15 is 0 Å². The highest BCUT2D eigenvalue weighted by Crippen LogP contribution is 2.39. The molecule has 0 bridgehead atoms. The second kappa shape index (κ2) is 11.6. The molecule has 2 aliphatic rings. The van der Waals surface area contributed by atoms with Gasteiger partial charge in [-0.25, -0.2) is 0 Å². The number of alkyl halides is 2. The molecule has 1 saturated carbocycles. The lowest BCUT2D eigenvalue weighted by atomic mass is 9.95. The third-order valence-electron chi connectivity index (χ3n) is 6.56. The van der Waals surface area contributed by atoms with Gasteiger partial charge < -0.3 is 24.4 Å². The van der Waals surface area contributed by atoms with Gasteiger partial charge in [-0.05, 0) is 55.9 Å². The van der Waals surface area contributed by atoms with Gasteiger partial charge in [-0.3, -0.25) is 9.59 Å². The van der Waals surface area contributed by atoms with Crippen LogP contribution < -0.4 is 19.5 Å². The van der Waals surface area contributed by atoms with Crippen molar-refractivity contribution in [1.82, 2.24) is 10.2 Å². The van der Waals surface area contributed by atoms with Crippen LogP contribution in [0.2, 0.25) is 0 Å². The number of hydrogen-bond donors (Lipinski definition) is 1. The summed E-state index contributed by atoms with van der Waals surface area (Å²) in [5.41, 5.74) is 1.66. The van der Waals surface area contributed by atoms with E-state index in [9.17, 15) is 18.4 Å². The number of nitrogens with one attached hydrogen (secondary N) is 1. The van der Waals surface area contributed by atoms with E-state index in [1.165, 1.54) is 13.0 Å². The standard InChI is InChI=1S/C27H32F2N2O5/c1-3-34-23-7-5-4-6-20(23)14-30-26(33)22-12-21(15-31(22)17(2)32)19-10-11-24(36-27(28)29)25(13-19)35-16-18-8-9-18/h4-7,10-11,13,18,21-22,27H,3,8-9,12,14-16H2,1-2H3,(H,30,33)/t21?,22-/m1/s1. The average molecular weight is 503 g/mol. The van der Waals surface area contributed by atoms with Crippen molar-refractivity contribution in [2.24, 2.45) is 5.92 Å². The number of amides is 2. The first-order valence-corrected chi connectivity index (χ1v) is 12.3. The largest absolute Gasteiger partial charge is 0.494 e. The fraction of sp³-hybridized carbons (Fsp3) is 0.481. The van der Waals surface area contributed by atoms with Crippen molar-refractivity contribution in [1.29, 1.82) is 0 Å². The van der Waals surface area contributed by atoms with E-state index in [0.717, 1.165) is 24.0 Å². The molecule has 1 saturated heterocycles. The van der Waals surface area contributed by atoms with Gasteiger partial charge in [-0.2, -0.15) is 8.78 Å². The van der Waals surface area contributed by atoms with Crippen molar-refractivity contribution >= 4 is 11.8 Å². The van der Waals surface area contributed by atoms with Gasteiger partial charge in [0.05, 0.1) is 13.2 Å². The number of benzene rings is 2. The van der Waals surface area contributed by atoms with Gasteiger partial charge in [-0.15, -0.1) is 0 Å². The predicted octanol–water partition coefficient (Wildman–Crippen LogP) is 4.50. The number of halogens is 2. The Bertz CT molecular complexity index is 1080. The predicted molar refractivity (Wildman–Crippen MR) is 129 cm³/mol. The number of nitrogens with zero attached hydrogens (tertiary/aromatic N) is 1. The van der Waals surface area contributed by atoms with Crippen LogP contribution in [-0.4, -0.2) is 49.1 Å². The zero-order valence-electron chi connectivity index (χ0n) is 20.5. The molecule has 1 N–H and O–H groups in total. The zero-order valence-corrected chi connectivity index (χ0v) is 20.5. The molecule has 194 valence electrons. The summed E-state index contributed by atoms with van der Waals surface area (Å²) in [5.74, 6) is 0.792. The van der Waals surface area contributed by atoms with E-state index in [4.69, 9.17) is 9.47 Å². The van der Waals surface area contributed by atoms with E-state index in [1.54, 1.807) is 17.0 Å². The van der Waals surface area contributed by atoms with Crippen LogP contribution in [-0.2, 0) is 16.1 Å². The second-order valence-electron chi connectivity index (χ2n) is 9.22. The highest BCUT2D eigenvalue weighted by molar-refractivity contribution is 5.87. The summed E-state index contributed by atoms with van der Waals surface area (Å²) in [4.78, 5) is 27.1. The first-order chi connectivity index (χ1) is 17.4. The molecule has 1 heterocycles. The molecule has 0 radical (unpaired) electrons. The maximum Gasteiger partial charge on any atom is 0.387 e. The number of para-hydroxylation sites is 1. The van der Waals surface area contributed by atoms with Crippen molar-refractivity contribution in [3.05, 3.63) is 53.6 Å². The molecular weight excluding hydrogens is 470 g/mol. The quantitative estimate of drug-likeness (QED) is 0.490. The number of ether oxygens (including phenoxy) is 3. The third-order valence-corrected chi connectivity index (χ3v) is 6.56. The minimum atomic E-state index is -2.96. The maximum atomic E-state index is 13.1. The number of hydrogen-bond acceptors (Lipinski definition) is 5. The Hall–Kier alpha value is -3.36. The van der Waals surface area contributed by atoms with Crippen LogP contribution >= 0.6 is 0 Å². The van der Waals surface area contributed by atoms with Gasteiger partial charge in [0.15, 0.2) is 11.5 Å². The summed E-state index contributed by atoms with van der Waals surface area (Å²) in [7, 11) is 0. The van der Waals surface area contributed by atoms with Crippen molar-refractivity contribution in [3.63, 3.8) is 0 Å². The van der Waals surface area contributed by atoms with Gasteiger partial charge in [0.25, 0.3) is 0 Å². The van der Waals surface area contributed by atoms with Crippen LogP contribution in [0.15, 0.2) is 42.5 Å². The van der Waals surface area contributed by atoms with Crippen molar-refractivity contribution in [2.45, 2.75) is 58.2 Å². The van der Waals surface area contributed by atoms with Gasteiger partial charge >= 0.3 is 6.61 Å².